The molecule has 1 aromatic heterocycles. The predicted octanol–water partition coefficient (Wildman–Crippen LogP) is 1.07. The van der Waals surface area contributed by atoms with Crippen LogP contribution in [0.3, 0.4) is 0 Å². The fraction of sp³-hybridized carbons (Fsp3) is 0.625. The Kier molecular flexibility index (Phi) is 3.00. The first-order valence-corrected chi connectivity index (χ1v) is 4.41. The van der Waals surface area contributed by atoms with E-state index in [0.717, 1.165) is 12.8 Å². The molecule has 0 aliphatic heterocycles. The van der Waals surface area contributed by atoms with Crippen LogP contribution < -0.4 is 5.73 Å². The van der Waals surface area contributed by atoms with Gasteiger partial charge in [0.1, 0.15) is 5.69 Å². The number of amides is 1. The zero-order valence-corrected chi connectivity index (χ0v) is 7.78. The molecule has 1 aliphatic carbocycles. The molecule has 1 aliphatic rings. The van der Waals surface area contributed by atoms with Crippen molar-refractivity contribution in [1.82, 2.24) is 10.3 Å². The van der Waals surface area contributed by atoms with Crippen LogP contribution in [0.1, 0.15) is 48.8 Å². The third kappa shape index (κ3) is 2.05. The molecule has 2 rings (SSSR count). The topological polar surface area (TPSA) is 82.0 Å². The Morgan fingerprint density at radius 3 is 2.54 bits per heavy atom. The Bertz CT molecular complexity index is 291. The maximum absolute atomic E-state index is 10.7. The second-order valence-corrected chi connectivity index (χ2v) is 2.64. The largest absolute Gasteiger partial charge is 0.364 e. The summed E-state index contributed by atoms with van der Waals surface area (Å²) in [5, 5.41) is 7.03. The van der Waals surface area contributed by atoms with Crippen LogP contribution in [0.25, 0.3) is 0 Å². The lowest BCUT2D eigenvalue weighted by molar-refractivity contribution is 0.0990. The summed E-state index contributed by atoms with van der Waals surface area (Å²) < 4.78 is 4.41. The number of carbonyl (C=O) groups excluding carboxylic acids is 1. The molecule has 0 bridgehead atoms. The van der Waals surface area contributed by atoms with E-state index >= 15 is 0 Å². The predicted molar refractivity (Wildman–Crippen MR) is 46.1 cm³/mol. The molecule has 0 unspecified atom stereocenters. The molecule has 72 valence electrons. The van der Waals surface area contributed by atoms with E-state index in [4.69, 9.17) is 5.73 Å². The fourth-order valence-corrected chi connectivity index (χ4v) is 0.991. The maximum atomic E-state index is 10.7. The van der Waals surface area contributed by atoms with Crippen LogP contribution in [0.4, 0.5) is 0 Å². The van der Waals surface area contributed by atoms with Gasteiger partial charge in [0.05, 0.1) is 0 Å². The summed E-state index contributed by atoms with van der Waals surface area (Å²) in [6.07, 6.45) is 2.10. The number of primary amides is 1. The van der Waals surface area contributed by atoms with Crippen LogP contribution >= 0.6 is 0 Å². The van der Waals surface area contributed by atoms with Crippen molar-refractivity contribution in [3.8, 4) is 0 Å². The molecule has 1 fully saturated rings. The lowest BCUT2D eigenvalue weighted by atomic mass is 10.2. The molecule has 13 heavy (non-hydrogen) atoms. The van der Waals surface area contributed by atoms with Crippen LogP contribution in [-0.4, -0.2) is 16.2 Å². The molecule has 0 saturated heterocycles. The molecule has 1 amide bonds. The van der Waals surface area contributed by atoms with Gasteiger partial charge in [-0.1, -0.05) is 19.0 Å². The first-order valence-electron chi connectivity index (χ1n) is 4.41. The zero-order chi connectivity index (χ0) is 9.84. The first-order chi connectivity index (χ1) is 6.29. The van der Waals surface area contributed by atoms with Gasteiger partial charge in [-0.05, 0) is 18.0 Å². The number of carbonyl (C=O) groups is 1. The lowest BCUT2D eigenvalue weighted by Crippen LogP contribution is -2.13. The molecule has 0 spiro atoms. The van der Waals surface area contributed by atoms with E-state index in [0.29, 0.717) is 11.6 Å². The van der Waals surface area contributed by atoms with Gasteiger partial charge in [-0.3, -0.25) is 4.79 Å². The van der Waals surface area contributed by atoms with E-state index in [1.165, 1.54) is 0 Å². The Hall–Kier alpha value is -1.39. The molecule has 5 nitrogen and oxygen atoms in total. The number of hydrogen-bond acceptors (Lipinski definition) is 4. The number of nitrogens with zero attached hydrogens (tertiary/aromatic N) is 2. The molecule has 5 heteroatoms. The Morgan fingerprint density at radius 2 is 2.08 bits per heavy atom. The smallest absolute Gasteiger partial charge is 0.272 e. The van der Waals surface area contributed by atoms with E-state index < -0.39 is 5.91 Å². The number of aromatic nitrogens is 2. The van der Waals surface area contributed by atoms with Crippen molar-refractivity contribution in [2.24, 2.45) is 5.73 Å². The first kappa shape index (κ1) is 9.70. The normalized spacial score (nSPS) is 14.6. The highest BCUT2D eigenvalue weighted by molar-refractivity contribution is 5.91. The van der Waals surface area contributed by atoms with Gasteiger partial charge in [0.15, 0.2) is 5.69 Å². The van der Waals surface area contributed by atoms with Crippen molar-refractivity contribution in [3.05, 3.63) is 11.4 Å². The van der Waals surface area contributed by atoms with Crippen LogP contribution in [0.5, 0.6) is 0 Å². The van der Waals surface area contributed by atoms with Crippen molar-refractivity contribution < 1.29 is 9.42 Å². The van der Waals surface area contributed by atoms with Crippen LogP contribution in [0.15, 0.2) is 4.63 Å². The molecule has 2 N–H and O–H groups in total. The van der Waals surface area contributed by atoms with Gasteiger partial charge in [-0.15, -0.1) is 0 Å². The van der Waals surface area contributed by atoms with E-state index in [2.05, 4.69) is 14.9 Å². The van der Waals surface area contributed by atoms with Gasteiger partial charge in [0.25, 0.3) is 5.91 Å². The van der Waals surface area contributed by atoms with Gasteiger partial charge >= 0.3 is 0 Å². The lowest BCUT2D eigenvalue weighted by Gasteiger charge is -1.87. The van der Waals surface area contributed by atoms with E-state index in [1.807, 2.05) is 13.8 Å². The average Bonchev–Trinajstić information content (AvgIpc) is 2.86. The number of rotatable bonds is 2. The molecule has 0 atom stereocenters. The molecule has 0 aromatic carbocycles. The van der Waals surface area contributed by atoms with E-state index in [1.54, 1.807) is 0 Å². The Labute approximate surface area is 76.3 Å². The minimum atomic E-state index is -0.562. The Balaban J connectivity index is 0.000000396. The molecule has 1 aromatic rings. The highest BCUT2D eigenvalue weighted by atomic mass is 16.6. The van der Waals surface area contributed by atoms with Crippen molar-refractivity contribution in [2.75, 3.05) is 0 Å². The van der Waals surface area contributed by atoms with Crippen molar-refractivity contribution in [2.45, 2.75) is 32.6 Å². The third-order valence-electron chi connectivity index (χ3n) is 1.71. The fourth-order valence-electron chi connectivity index (χ4n) is 0.991. The zero-order valence-electron chi connectivity index (χ0n) is 7.78. The van der Waals surface area contributed by atoms with Crippen LogP contribution in [0.2, 0.25) is 0 Å². The monoisotopic (exact) mass is 183 g/mol. The standard InChI is InChI=1S/C6H7N3O2.C2H6/c7-6(10)5-4(3-1-2-3)8-11-9-5;1-2/h3H,1-2H2,(H2,7,10);1-2H3. The summed E-state index contributed by atoms with van der Waals surface area (Å²) in [4.78, 5) is 10.7. The molecular weight excluding hydrogens is 170 g/mol. The highest BCUT2D eigenvalue weighted by Crippen LogP contribution is 2.39. The average molecular weight is 183 g/mol. The minimum absolute atomic E-state index is 0.188. The summed E-state index contributed by atoms with van der Waals surface area (Å²) in [6, 6.07) is 0. The van der Waals surface area contributed by atoms with Crippen molar-refractivity contribution >= 4 is 5.91 Å². The van der Waals surface area contributed by atoms with Gasteiger partial charge in [-0.25, -0.2) is 4.63 Å². The van der Waals surface area contributed by atoms with Gasteiger partial charge in [0.2, 0.25) is 0 Å². The van der Waals surface area contributed by atoms with Gasteiger partial charge in [-0.2, -0.15) is 0 Å². The summed E-state index contributed by atoms with van der Waals surface area (Å²) in [5.74, 6) is -0.211. The molecule has 1 saturated carbocycles. The van der Waals surface area contributed by atoms with Gasteiger partial charge < -0.3 is 5.73 Å². The molecular formula is C8H13N3O2. The number of hydrogen-bond donors (Lipinski definition) is 1. The second kappa shape index (κ2) is 4.02. The number of nitrogens with two attached hydrogens (primary N) is 1. The van der Waals surface area contributed by atoms with Gasteiger partial charge in [0, 0.05) is 5.92 Å². The van der Waals surface area contributed by atoms with E-state index in [9.17, 15) is 4.79 Å². The van der Waals surface area contributed by atoms with Crippen molar-refractivity contribution in [3.63, 3.8) is 0 Å². The van der Waals surface area contributed by atoms with Crippen molar-refractivity contribution in [1.29, 1.82) is 0 Å². The second-order valence-electron chi connectivity index (χ2n) is 2.64. The third-order valence-corrected chi connectivity index (χ3v) is 1.71. The minimum Gasteiger partial charge on any atom is -0.364 e. The van der Waals surface area contributed by atoms with E-state index in [-0.39, 0.29) is 5.69 Å². The summed E-state index contributed by atoms with van der Waals surface area (Å²) in [6.45, 7) is 4.00. The summed E-state index contributed by atoms with van der Waals surface area (Å²) in [7, 11) is 0. The van der Waals surface area contributed by atoms with Crippen LogP contribution in [0, 0.1) is 0 Å². The SMILES string of the molecule is CC.NC(=O)c1nonc1C1CC1. The molecule has 1 heterocycles. The quantitative estimate of drug-likeness (QED) is 0.743. The highest BCUT2D eigenvalue weighted by Gasteiger charge is 2.32. The maximum Gasteiger partial charge on any atom is 0.272 e. The summed E-state index contributed by atoms with van der Waals surface area (Å²) in [5.41, 5.74) is 5.83. The molecule has 0 radical (unpaired) electrons. The van der Waals surface area contributed by atoms with Crippen LogP contribution in [-0.2, 0) is 0 Å². The summed E-state index contributed by atoms with van der Waals surface area (Å²) >= 11 is 0. The Morgan fingerprint density at radius 1 is 1.46 bits per heavy atom.